The number of rotatable bonds is 7. The van der Waals surface area contributed by atoms with Gasteiger partial charge in [-0.05, 0) is 61.1 Å². The van der Waals surface area contributed by atoms with Gasteiger partial charge in [-0.25, -0.2) is 0 Å². The smallest absolute Gasteiger partial charge is 0.262 e. The van der Waals surface area contributed by atoms with Gasteiger partial charge in [-0.2, -0.15) is 0 Å². The van der Waals surface area contributed by atoms with Crippen LogP contribution < -0.4 is 15.4 Å². The average molecular weight is 445 g/mol. The maximum atomic E-state index is 12.9. The fourth-order valence-corrected chi connectivity index (χ4v) is 4.14. The Morgan fingerprint density at radius 1 is 1.03 bits per heavy atom. The van der Waals surface area contributed by atoms with Crippen LogP contribution in [0.4, 0.5) is 5.69 Å². The van der Waals surface area contributed by atoms with Crippen LogP contribution in [-0.2, 0) is 11.2 Å². The molecule has 2 amide bonds. The van der Waals surface area contributed by atoms with Crippen LogP contribution in [0.2, 0.25) is 0 Å². The summed E-state index contributed by atoms with van der Waals surface area (Å²) in [7, 11) is 0. The van der Waals surface area contributed by atoms with Crippen LogP contribution in [0.1, 0.15) is 59.0 Å². The molecule has 3 aromatic carbocycles. The van der Waals surface area contributed by atoms with Crippen LogP contribution in [0, 0.1) is 0 Å². The SMILES string of the molecule is C[C@@H](NC(=O)c1ccccc1NC(=O)COc1cccc2c1CCC[C@@H]2O)c1ccccc1. The molecule has 0 saturated carbocycles. The Labute approximate surface area is 193 Å². The van der Waals surface area contributed by atoms with E-state index in [4.69, 9.17) is 4.74 Å². The van der Waals surface area contributed by atoms with E-state index in [1.165, 1.54) is 0 Å². The summed E-state index contributed by atoms with van der Waals surface area (Å²) in [4.78, 5) is 25.5. The molecule has 2 atom stereocenters. The highest BCUT2D eigenvalue weighted by Gasteiger charge is 2.21. The third kappa shape index (κ3) is 5.41. The summed E-state index contributed by atoms with van der Waals surface area (Å²) in [6.07, 6.45) is 1.94. The highest BCUT2D eigenvalue weighted by molar-refractivity contribution is 6.04. The van der Waals surface area contributed by atoms with Crippen molar-refractivity contribution in [2.45, 2.75) is 38.3 Å². The Hall–Kier alpha value is -3.64. The minimum absolute atomic E-state index is 0.176. The van der Waals surface area contributed by atoms with E-state index in [2.05, 4.69) is 10.6 Å². The van der Waals surface area contributed by atoms with E-state index in [1.54, 1.807) is 24.3 Å². The lowest BCUT2D eigenvalue weighted by molar-refractivity contribution is -0.118. The Bertz CT molecular complexity index is 1130. The number of aliphatic hydroxyl groups excluding tert-OH is 1. The highest BCUT2D eigenvalue weighted by Crippen LogP contribution is 2.35. The van der Waals surface area contributed by atoms with Crippen LogP contribution in [0.25, 0.3) is 0 Å². The predicted octanol–water partition coefficient (Wildman–Crippen LogP) is 4.56. The standard InChI is InChI=1S/C27H28N2O4/c1-18(19-9-3-2-4-10-19)28-27(32)22-11-5-6-14-23(22)29-26(31)17-33-25-16-8-12-20-21(25)13-7-15-24(20)30/h2-6,8-12,14,16,18,24,30H,7,13,15,17H2,1H3,(H,28,32)(H,29,31)/t18-,24+/m1/s1. The molecule has 3 aromatic rings. The van der Waals surface area contributed by atoms with Gasteiger partial charge in [0.05, 0.1) is 23.4 Å². The van der Waals surface area contributed by atoms with Gasteiger partial charge in [0.15, 0.2) is 6.61 Å². The Morgan fingerprint density at radius 3 is 2.61 bits per heavy atom. The molecule has 3 N–H and O–H groups in total. The zero-order chi connectivity index (χ0) is 23.2. The van der Waals surface area contributed by atoms with E-state index in [9.17, 15) is 14.7 Å². The van der Waals surface area contributed by atoms with Gasteiger partial charge in [-0.1, -0.05) is 54.6 Å². The number of nitrogens with one attached hydrogen (secondary N) is 2. The van der Waals surface area contributed by atoms with E-state index in [-0.39, 0.29) is 24.5 Å². The number of carbonyl (C=O) groups is 2. The fraction of sp³-hybridized carbons (Fsp3) is 0.259. The molecule has 6 heteroatoms. The number of aliphatic hydroxyl groups is 1. The third-order valence-electron chi connectivity index (χ3n) is 5.88. The second kappa shape index (κ2) is 10.3. The third-order valence-corrected chi connectivity index (χ3v) is 5.88. The lowest BCUT2D eigenvalue weighted by Crippen LogP contribution is -2.28. The number of para-hydroxylation sites is 1. The maximum Gasteiger partial charge on any atom is 0.262 e. The molecule has 0 heterocycles. The zero-order valence-corrected chi connectivity index (χ0v) is 18.6. The molecule has 1 aliphatic carbocycles. The second-order valence-corrected chi connectivity index (χ2v) is 8.22. The summed E-state index contributed by atoms with van der Waals surface area (Å²) in [5.74, 6) is -0.0151. The van der Waals surface area contributed by atoms with Crippen LogP contribution in [0.3, 0.4) is 0 Å². The van der Waals surface area contributed by atoms with Crippen molar-refractivity contribution in [3.8, 4) is 5.75 Å². The number of hydrogen-bond acceptors (Lipinski definition) is 4. The van der Waals surface area contributed by atoms with Crippen LogP contribution in [-0.4, -0.2) is 23.5 Å². The molecule has 6 nitrogen and oxygen atoms in total. The van der Waals surface area contributed by atoms with Crippen molar-refractivity contribution in [2.24, 2.45) is 0 Å². The lowest BCUT2D eigenvalue weighted by Gasteiger charge is -2.23. The molecule has 0 fully saturated rings. The maximum absolute atomic E-state index is 12.9. The molecular formula is C27H28N2O4. The summed E-state index contributed by atoms with van der Waals surface area (Å²) in [5, 5.41) is 16.0. The summed E-state index contributed by atoms with van der Waals surface area (Å²) >= 11 is 0. The first-order valence-electron chi connectivity index (χ1n) is 11.2. The molecule has 0 bridgehead atoms. The number of benzene rings is 3. The fourth-order valence-electron chi connectivity index (χ4n) is 4.14. The first kappa shape index (κ1) is 22.6. The molecule has 0 spiro atoms. The van der Waals surface area contributed by atoms with Gasteiger partial charge in [0.1, 0.15) is 5.75 Å². The topological polar surface area (TPSA) is 87.7 Å². The van der Waals surface area contributed by atoms with E-state index >= 15 is 0 Å². The van der Waals surface area contributed by atoms with E-state index in [0.29, 0.717) is 17.0 Å². The Morgan fingerprint density at radius 2 is 1.79 bits per heavy atom. The highest BCUT2D eigenvalue weighted by atomic mass is 16.5. The second-order valence-electron chi connectivity index (χ2n) is 8.22. The van der Waals surface area contributed by atoms with E-state index < -0.39 is 6.10 Å². The Kier molecular flexibility index (Phi) is 7.05. The van der Waals surface area contributed by atoms with Crippen molar-refractivity contribution in [1.29, 1.82) is 0 Å². The number of ether oxygens (including phenoxy) is 1. The molecule has 0 radical (unpaired) electrons. The van der Waals surface area contributed by atoms with Crippen LogP contribution in [0.15, 0.2) is 72.8 Å². The molecule has 0 unspecified atom stereocenters. The Balaban J connectivity index is 1.40. The quantitative estimate of drug-likeness (QED) is 0.498. The van der Waals surface area contributed by atoms with Crippen molar-refractivity contribution in [3.63, 3.8) is 0 Å². The number of carbonyl (C=O) groups excluding carboxylic acids is 2. The van der Waals surface area contributed by atoms with Gasteiger partial charge < -0.3 is 20.5 Å². The number of fused-ring (bicyclic) bond motifs is 1. The van der Waals surface area contributed by atoms with Crippen molar-refractivity contribution < 1.29 is 19.4 Å². The van der Waals surface area contributed by atoms with Crippen molar-refractivity contribution >= 4 is 17.5 Å². The molecule has 0 aliphatic heterocycles. The summed E-state index contributed by atoms with van der Waals surface area (Å²) < 4.78 is 5.79. The minimum Gasteiger partial charge on any atom is -0.483 e. The minimum atomic E-state index is -0.491. The molecule has 0 aromatic heterocycles. The molecule has 170 valence electrons. The summed E-state index contributed by atoms with van der Waals surface area (Å²) in [6.45, 7) is 1.72. The van der Waals surface area contributed by atoms with Crippen molar-refractivity contribution in [1.82, 2.24) is 5.32 Å². The molecule has 0 saturated heterocycles. The van der Waals surface area contributed by atoms with Gasteiger partial charge in [0, 0.05) is 0 Å². The van der Waals surface area contributed by atoms with Crippen molar-refractivity contribution in [2.75, 3.05) is 11.9 Å². The molecule has 4 rings (SSSR count). The van der Waals surface area contributed by atoms with Gasteiger partial charge >= 0.3 is 0 Å². The number of hydrogen-bond donors (Lipinski definition) is 3. The van der Waals surface area contributed by atoms with Gasteiger partial charge in [0.2, 0.25) is 0 Å². The average Bonchev–Trinajstić information content (AvgIpc) is 2.84. The zero-order valence-electron chi connectivity index (χ0n) is 18.6. The molecular weight excluding hydrogens is 416 g/mol. The first-order valence-corrected chi connectivity index (χ1v) is 11.2. The van der Waals surface area contributed by atoms with Gasteiger partial charge in [-0.15, -0.1) is 0 Å². The van der Waals surface area contributed by atoms with Gasteiger partial charge in [0.25, 0.3) is 11.8 Å². The van der Waals surface area contributed by atoms with Crippen molar-refractivity contribution in [3.05, 3.63) is 95.1 Å². The summed E-state index contributed by atoms with van der Waals surface area (Å²) in [5.41, 5.74) is 3.63. The monoisotopic (exact) mass is 444 g/mol. The lowest BCUT2D eigenvalue weighted by atomic mass is 9.89. The molecule has 1 aliphatic rings. The van der Waals surface area contributed by atoms with Crippen LogP contribution in [0.5, 0.6) is 5.75 Å². The molecule has 33 heavy (non-hydrogen) atoms. The normalized spacial score (nSPS) is 15.8. The van der Waals surface area contributed by atoms with Crippen LogP contribution >= 0.6 is 0 Å². The number of amides is 2. The van der Waals surface area contributed by atoms with Gasteiger partial charge in [-0.3, -0.25) is 9.59 Å². The van der Waals surface area contributed by atoms with E-state index in [0.717, 1.165) is 36.0 Å². The summed E-state index contributed by atoms with van der Waals surface area (Å²) in [6, 6.07) is 22.0. The first-order chi connectivity index (χ1) is 16.0. The van der Waals surface area contributed by atoms with E-state index in [1.807, 2.05) is 55.5 Å². The number of anilines is 1. The largest absolute Gasteiger partial charge is 0.483 e. The predicted molar refractivity (Wildman–Crippen MR) is 127 cm³/mol.